The van der Waals surface area contributed by atoms with Crippen molar-refractivity contribution in [2.45, 2.75) is 20.1 Å². The Morgan fingerprint density at radius 2 is 2.04 bits per heavy atom. The molecule has 0 fully saturated rings. The van der Waals surface area contributed by atoms with Gasteiger partial charge in [-0.2, -0.15) is 0 Å². The highest BCUT2D eigenvalue weighted by molar-refractivity contribution is 7.07. The lowest BCUT2D eigenvalue weighted by atomic mass is 10.1. The first-order valence-corrected chi connectivity index (χ1v) is 8.59. The van der Waals surface area contributed by atoms with Crippen LogP contribution in [0.15, 0.2) is 59.4 Å². The number of thiazole rings is 1. The summed E-state index contributed by atoms with van der Waals surface area (Å²) >= 11 is 1.53. The molecule has 0 aliphatic rings. The summed E-state index contributed by atoms with van der Waals surface area (Å²) in [6.45, 7) is 2.94. The molecule has 0 aliphatic heterocycles. The summed E-state index contributed by atoms with van der Waals surface area (Å²) in [5.74, 6) is 0.542. The minimum absolute atomic E-state index is 0.116. The van der Waals surface area contributed by atoms with E-state index in [4.69, 9.17) is 4.74 Å². The van der Waals surface area contributed by atoms with Gasteiger partial charge in [-0.15, -0.1) is 11.3 Å². The molecule has 1 N–H and O–H groups in total. The fraction of sp³-hybridized carbons (Fsp3) is 0.158. The number of carbonyl (C=O) groups is 1. The average Bonchev–Trinajstić information content (AvgIpc) is 3.13. The quantitative estimate of drug-likeness (QED) is 0.740. The molecule has 24 heavy (non-hydrogen) atoms. The number of hydrogen-bond donors (Lipinski definition) is 1. The average molecular weight is 338 g/mol. The van der Waals surface area contributed by atoms with E-state index in [1.165, 1.54) is 16.9 Å². The van der Waals surface area contributed by atoms with Gasteiger partial charge in [0.1, 0.15) is 12.4 Å². The minimum Gasteiger partial charge on any atom is -0.487 e. The summed E-state index contributed by atoms with van der Waals surface area (Å²) in [5, 5.41) is 4.87. The third-order valence-electron chi connectivity index (χ3n) is 3.54. The van der Waals surface area contributed by atoms with Gasteiger partial charge in [0, 0.05) is 17.5 Å². The normalized spacial score (nSPS) is 10.4. The van der Waals surface area contributed by atoms with Crippen LogP contribution in [0.2, 0.25) is 0 Å². The Hall–Kier alpha value is -2.66. The number of ether oxygens (including phenoxy) is 1. The van der Waals surface area contributed by atoms with Crippen molar-refractivity contribution in [2.75, 3.05) is 0 Å². The van der Waals surface area contributed by atoms with Gasteiger partial charge in [-0.25, -0.2) is 4.98 Å². The highest BCUT2D eigenvalue weighted by Crippen LogP contribution is 2.15. The third kappa shape index (κ3) is 4.43. The number of carbonyl (C=O) groups excluding carboxylic acids is 1. The Bertz CT molecular complexity index is 798. The Morgan fingerprint density at radius 3 is 2.79 bits per heavy atom. The maximum atomic E-state index is 12.3. The van der Waals surface area contributed by atoms with Gasteiger partial charge < -0.3 is 10.1 Å². The van der Waals surface area contributed by atoms with Gasteiger partial charge in [-0.1, -0.05) is 35.9 Å². The van der Waals surface area contributed by atoms with E-state index in [2.05, 4.69) is 10.3 Å². The zero-order chi connectivity index (χ0) is 16.8. The number of rotatable bonds is 6. The largest absolute Gasteiger partial charge is 0.487 e. The van der Waals surface area contributed by atoms with E-state index in [1.54, 1.807) is 17.6 Å². The predicted octanol–water partition coefficient (Wildman–Crippen LogP) is 3.96. The fourth-order valence-corrected chi connectivity index (χ4v) is 2.73. The van der Waals surface area contributed by atoms with Crippen molar-refractivity contribution >= 4 is 17.2 Å². The first kappa shape index (κ1) is 16.2. The van der Waals surface area contributed by atoms with Crippen molar-refractivity contribution in [1.29, 1.82) is 0 Å². The maximum Gasteiger partial charge on any atom is 0.251 e. The molecule has 0 saturated heterocycles. The van der Waals surface area contributed by atoms with Gasteiger partial charge in [-0.05, 0) is 30.7 Å². The number of benzene rings is 2. The molecule has 1 amide bonds. The van der Waals surface area contributed by atoms with Gasteiger partial charge in [0.15, 0.2) is 0 Å². The number of aryl methyl sites for hydroxylation is 1. The van der Waals surface area contributed by atoms with Crippen LogP contribution in [-0.2, 0) is 13.2 Å². The lowest BCUT2D eigenvalue weighted by Crippen LogP contribution is -2.22. The third-order valence-corrected chi connectivity index (χ3v) is 4.18. The van der Waals surface area contributed by atoms with Gasteiger partial charge >= 0.3 is 0 Å². The molecule has 1 heterocycles. The van der Waals surface area contributed by atoms with E-state index in [-0.39, 0.29) is 5.91 Å². The summed E-state index contributed by atoms with van der Waals surface area (Å²) in [6, 6.07) is 15.3. The van der Waals surface area contributed by atoms with Crippen LogP contribution in [0.3, 0.4) is 0 Å². The number of aromatic nitrogens is 1. The molecular weight excluding hydrogens is 320 g/mol. The summed E-state index contributed by atoms with van der Waals surface area (Å²) in [5.41, 5.74) is 5.51. The van der Waals surface area contributed by atoms with Crippen molar-refractivity contribution in [3.63, 3.8) is 0 Å². The second kappa shape index (κ2) is 7.75. The van der Waals surface area contributed by atoms with Gasteiger partial charge in [0.25, 0.3) is 5.91 Å². The molecular formula is C19H18N2O2S. The zero-order valence-electron chi connectivity index (χ0n) is 13.4. The summed E-state index contributed by atoms with van der Waals surface area (Å²) in [4.78, 5) is 16.5. The Balaban J connectivity index is 1.58. The van der Waals surface area contributed by atoms with E-state index in [1.807, 2.05) is 48.7 Å². The molecule has 0 aliphatic carbocycles. The van der Waals surface area contributed by atoms with E-state index >= 15 is 0 Å². The topological polar surface area (TPSA) is 51.2 Å². The number of nitrogens with zero attached hydrogens (tertiary/aromatic N) is 1. The number of nitrogens with one attached hydrogen (secondary N) is 1. The molecule has 1 aromatic heterocycles. The van der Waals surface area contributed by atoms with Crippen LogP contribution in [0.4, 0.5) is 0 Å². The number of amides is 1. The van der Waals surface area contributed by atoms with Gasteiger partial charge in [-0.3, -0.25) is 4.79 Å². The summed E-state index contributed by atoms with van der Waals surface area (Å²) in [6.07, 6.45) is 0. The van der Waals surface area contributed by atoms with E-state index < -0.39 is 0 Å². The second-order valence-electron chi connectivity index (χ2n) is 5.46. The van der Waals surface area contributed by atoms with Crippen molar-refractivity contribution in [2.24, 2.45) is 0 Å². The molecule has 0 radical (unpaired) electrons. The molecule has 122 valence electrons. The predicted molar refractivity (Wildman–Crippen MR) is 95.2 cm³/mol. The van der Waals surface area contributed by atoms with Crippen molar-refractivity contribution < 1.29 is 9.53 Å². The smallest absolute Gasteiger partial charge is 0.251 e. The first-order valence-electron chi connectivity index (χ1n) is 7.64. The van der Waals surface area contributed by atoms with Crippen molar-refractivity contribution in [1.82, 2.24) is 10.3 Å². The molecule has 0 saturated carbocycles. The summed E-state index contributed by atoms with van der Waals surface area (Å²) < 4.78 is 5.68. The first-order chi connectivity index (χ1) is 11.7. The Labute approximate surface area is 145 Å². The van der Waals surface area contributed by atoms with Crippen molar-refractivity contribution in [3.05, 3.63) is 81.8 Å². The molecule has 0 spiro atoms. The lowest BCUT2D eigenvalue weighted by Gasteiger charge is -2.08. The fourth-order valence-electron chi connectivity index (χ4n) is 2.18. The van der Waals surface area contributed by atoms with E-state index in [0.717, 1.165) is 11.3 Å². The molecule has 0 unspecified atom stereocenters. The van der Waals surface area contributed by atoms with Crippen molar-refractivity contribution in [3.8, 4) is 5.75 Å². The molecule has 0 atom stereocenters. The highest BCUT2D eigenvalue weighted by atomic mass is 32.1. The van der Waals surface area contributed by atoms with Crippen LogP contribution in [0.1, 0.15) is 27.2 Å². The van der Waals surface area contributed by atoms with Gasteiger partial charge in [0.05, 0.1) is 11.2 Å². The lowest BCUT2D eigenvalue weighted by molar-refractivity contribution is 0.0950. The highest BCUT2D eigenvalue weighted by Gasteiger charge is 2.07. The maximum absolute atomic E-state index is 12.3. The summed E-state index contributed by atoms with van der Waals surface area (Å²) in [7, 11) is 0. The van der Waals surface area contributed by atoms with Crippen LogP contribution in [-0.4, -0.2) is 10.9 Å². The molecule has 3 rings (SSSR count). The van der Waals surface area contributed by atoms with Crippen LogP contribution in [0.25, 0.3) is 0 Å². The Kier molecular flexibility index (Phi) is 5.23. The van der Waals surface area contributed by atoms with Crippen LogP contribution < -0.4 is 10.1 Å². The number of hydrogen-bond acceptors (Lipinski definition) is 4. The van der Waals surface area contributed by atoms with Crippen LogP contribution >= 0.6 is 11.3 Å². The van der Waals surface area contributed by atoms with Crippen LogP contribution in [0, 0.1) is 6.92 Å². The van der Waals surface area contributed by atoms with Crippen LogP contribution in [0.5, 0.6) is 5.75 Å². The van der Waals surface area contributed by atoms with E-state index in [9.17, 15) is 4.79 Å². The standard InChI is InChI=1S/C19H18N2O2S/c1-14-5-7-15(8-6-14)10-20-19(22)16-3-2-4-18(9-16)23-11-17-12-24-13-21-17/h2-9,12-13H,10-11H2,1H3,(H,20,22). The molecule has 0 bridgehead atoms. The molecule has 2 aromatic carbocycles. The molecule has 4 nitrogen and oxygen atoms in total. The zero-order valence-corrected chi connectivity index (χ0v) is 14.2. The molecule has 5 heteroatoms. The monoisotopic (exact) mass is 338 g/mol. The molecule has 3 aromatic rings. The van der Waals surface area contributed by atoms with E-state index in [0.29, 0.717) is 24.5 Å². The minimum atomic E-state index is -0.116. The van der Waals surface area contributed by atoms with Gasteiger partial charge in [0.2, 0.25) is 0 Å². The second-order valence-corrected chi connectivity index (χ2v) is 6.18. The SMILES string of the molecule is Cc1ccc(CNC(=O)c2cccc(OCc3cscn3)c2)cc1. The Morgan fingerprint density at radius 1 is 1.21 bits per heavy atom.